The summed E-state index contributed by atoms with van der Waals surface area (Å²) < 4.78 is 47.5. The molecule has 0 radical (unpaired) electrons. The van der Waals surface area contributed by atoms with Crippen LogP contribution in [-0.4, -0.2) is 146 Å². The van der Waals surface area contributed by atoms with Crippen LogP contribution in [0, 0.1) is 60.2 Å². The second-order valence-electron chi connectivity index (χ2n) is 35.8. The molecule has 4 saturated heterocycles. The molecule has 8 aliphatic rings. The van der Waals surface area contributed by atoms with Gasteiger partial charge in [-0.05, 0) is 288 Å². The largest absolute Gasteiger partial charge is 0.385 e. The summed E-state index contributed by atoms with van der Waals surface area (Å²) in [6.07, 6.45) is 55.7. The number of terminal acetylenes is 4. The molecule has 4 aromatic carbocycles. The number of allylic oxidation sites excluding steroid dienone is 8. The highest BCUT2D eigenvalue weighted by atomic mass is 32.2. The number of benzene rings is 4. The number of aliphatic hydroxyl groups is 4. The van der Waals surface area contributed by atoms with Gasteiger partial charge in [-0.2, -0.15) is 23.5 Å². The average molecular weight is 1750 g/mol. The average Bonchev–Trinajstić information content (AvgIpc) is 0.990. The molecule has 8 aromatic rings. The molecule has 124 heavy (non-hydrogen) atoms. The molecule has 4 aliphatic carbocycles. The smallest absolute Gasteiger partial charge is 0.202 e. The maximum Gasteiger partial charge on any atom is 0.202 e. The lowest BCUT2D eigenvalue weighted by Crippen LogP contribution is -2.37. The zero-order valence-corrected chi connectivity index (χ0v) is 74.6. The van der Waals surface area contributed by atoms with Crippen molar-refractivity contribution in [2.75, 3.05) is 46.0 Å². The van der Waals surface area contributed by atoms with Crippen molar-refractivity contribution in [2.45, 2.75) is 217 Å². The highest BCUT2D eigenvalue weighted by molar-refractivity contribution is 7.99. The summed E-state index contributed by atoms with van der Waals surface area (Å²) in [5.41, 5.74) is 14.6. The van der Waals surface area contributed by atoms with Crippen LogP contribution in [0.2, 0.25) is 0 Å². The number of H-pyrrole nitrogens is 4. The predicted molar refractivity (Wildman–Crippen MR) is 493 cm³/mol. The molecule has 0 unspecified atom stereocenters. The molecule has 8 heterocycles. The highest BCUT2D eigenvalue weighted by Gasteiger charge is 2.41. The van der Waals surface area contributed by atoms with Crippen LogP contribution < -0.4 is 0 Å². The second kappa shape index (κ2) is 39.3. The normalized spacial score (nSPS) is 20.0. The number of imidazole rings is 4. The first-order valence-electron chi connectivity index (χ1n) is 43.1. The Bertz CT molecular complexity index is 5870. The van der Waals surface area contributed by atoms with Gasteiger partial charge in [-0.3, -0.25) is 19.2 Å². The van der Waals surface area contributed by atoms with E-state index in [1.807, 2.05) is 84.2 Å². The van der Waals surface area contributed by atoms with Gasteiger partial charge in [0.05, 0.1) is 70.2 Å². The van der Waals surface area contributed by atoms with E-state index in [1.165, 1.54) is 47.9 Å². The van der Waals surface area contributed by atoms with Gasteiger partial charge >= 0.3 is 0 Å². The molecular weight excluding hydrogens is 1630 g/mol. The van der Waals surface area contributed by atoms with Crippen molar-refractivity contribution >= 4 is 88.6 Å². The van der Waals surface area contributed by atoms with Crippen LogP contribution in [0.5, 0.6) is 0 Å². The molecule has 0 amide bonds. The molecule has 4 aromatic heterocycles. The lowest BCUT2D eigenvalue weighted by Gasteiger charge is -2.34. The third kappa shape index (κ3) is 22.8. The van der Waals surface area contributed by atoms with Crippen molar-refractivity contribution in [3.63, 3.8) is 0 Å². The lowest BCUT2D eigenvalue weighted by molar-refractivity contribution is 0.0260. The Morgan fingerprint density at radius 3 is 0.855 bits per heavy atom. The Hall–Kier alpha value is -9.96. The zero-order valence-electron chi connectivity index (χ0n) is 71.4. The van der Waals surface area contributed by atoms with E-state index in [9.17, 15) is 56.4 Å². The monoisotopic (exact) mass is 1740 g/mol. The number of carbonyl (C=O) groups is 4. The van der Waals surface area contributed by atoms with Gasteiger partial charge < -0.3 is 40.4 Å². The first kappa shape index (κ1) is 91.7. The number of aromatic amines is 4. The Balaban J connectivity index is 0.000000142. The van der Waals surface area contributed by atoms with E-state index in [4.69, 9.17) is 25.7 Å². The van der Waals surface area contributed by atoms with Crippen LogP contribution >= 0.6 is 23.5 Å². The molecule has 4 aliphatic heterocycles. The summed E-state index contributed by atoms with van der Waals surface area (Å²) in [5, 5.41) is 45.0. The van der Waals surface area contributed by atoms with E-state index in [0.29, 0.717) is 51.0 Å². The number of Topliss-reactive ketones (excluding diaryl/α,β-unsaturated/α-hetero) is 4. The first-order chi connectivity index (χ1) is 59.2. The number of aromatic nitrogens is 8. The van der Waals surface area contributed by atoms with Gasteiger partial charge in [0.25, 0.3) is 0 Å². The van der Waals surface area contributed by atoms with Crippen LogP contribution in [-0.2, 0) is 67.8 Å². The number of rotatable bonds is 20. The fourth-order valence-electron chi connectivity index (χ4n) is 17.6. The number of hydrogen-bond acceptors (Lipinski definition) is 18. The van der Waals surface area contributed by atoms with E-state index in [1.54, 1.807) is 0 Å². The maximum absolute atomic E-state index is 12.9. The lowest BCUT2D eigenvalue weighted by atomic mass is 9.75. The number of sulfone groups is 2. The summed E-state index contributed by atoms with van der Waals surface area (Å²) in [5.74, 6) is 14.2. The van der Waals surface area contributed by atoms with Crippen molar-refractivity contribution in [2.24, 2.45) is 10.8 Å². The molecule has 0 saturated carbocycles. The van der Waals surface area contributed by atoms with E-state index in [0.717, 1.165) is 193 Å². The third-order valence-corrected chi connectivity index (χ3v) is 31.1. The Morgan fingerprint density at radius 1 is 0.371 bits per heavy atom. The Kier molecular flexibility index (Phi) is 29.1. The molecule has 648 valence electrons. The molecule has 8 N–H and O–H groups in total. The van der Waals surface area contributed by atoms with Gasteiger partial charge in [0.15, 0.2) is 43.0 Å². The summed E-state index contributed by atoms with van der Waals surface area (Å²) >= 11 is 3.79. The molecular formula is C100H112N8O12S4. The van der Waals surface area contributed by atoms with Crippen LogP contribution in [0.4, 0.5) is 0 Å². The summed E-state index contributed by atoms with van der Waals surface area (Å²) in [4.78, 5) is 79.4. The summed E-state index contributed by atoms with van der Waals surface area (Å²) in [6.45, 7) is 9.08. The maximum atomic E-state index is 12.9. The topological polar surface area (TPSA) is 332 Å². The van der Waals surface area contributed by atoms with Crippen molar-refractivity contribution in [1.29, 1.82) is 0 Å². The number of nitrogens with zero attached hydrogens (tertiary/aromatic N) is 4. The predicted octanol–water partition coefficient (Wildman–Crippen LogP) is 16.6. The van der Waals surface area contributed by atoms with Crippen molar-refractivity contribution in [3.05, 3.63) is 235 Å². The Morgan fingerprint density at radius 2 is 0.629 bits per heavy atom. The van der Waals surface area contributed by atoms with Crippen molar-refractivity contribution < 1.29 is 56.4 Å². The molecule has 20 nitrogen and oxygen atoms in total. The van der Waals surface area contributed by atoms with Gasteiger partial charge in [-0.15, -0.1) is 25.7 Å². The summed E-state index contributed by atoms with van der Waals surface area (Å²) in [7, 11) is -6.19. The highest BCUT2D eigenvalue weighted by Crippen LogP contribution is 2.46. The van der Waals surface area contributed by atoms with Gasteiger partial charge in [0, 0.05) is 25.7 Å². The Labute approximate surface area is 737 Å². The van der Waals surface area contributed by atoms with Crippen molar-refractivity contribution in [3.8, 4) is 49.4 Å². The van der Waals surface area contributed by atoms with E-state index in [2.05, 4.69) is 128 Å². The molecule has 24 heteroatoms. The fraction of sp³-hybridized carbons (Fsp3) is 0.440. The van der Waals surface area contributed by atoms with Gasteiger partial charge in [0.1, 0.15) is 22.8 Å². The van der Waals surface area contributed by atoms with Gasteiger partial charge in [-0.1, -0.05) is 124 Å². The minimum atomic E-state index is -3.10. The molecule has 4 fully saturated rings. The van der Waals surface area contributed by atoms with Crippen LogP contribution in [0.1, 0.15) is 301 Å². The van der Waals surface area contributed by atoms with Crippen LogP contribution in [0.3, 0.4) is 0 Å². The van der Waals surface area contributed by atoms with Crippen molar-refractivity contribution in [1.82, 2.24) is 39.9 Å². The fourth-order valence-corrected chi connectivity index (χ4v) is 22.9. The van der Waals surface area contributed by atoms with Crippen LogP contribution in [0.25, 0.3) is 22.3 Å². The van der Waals surface area contributed by atoms with E-state index in [-0.39, 0.29) is 115 Å². The van der Waals surface area contributed by atoms with E-state index >= 15 is 0 Å². The number of carbonyl (C=O) groups excluding carboxylic acids is 4. The van der Waals surface area contributed by atoms with E-state index < -0.39 is 42.1 Å². The molecule has 0 atom stereocenters. The minimum Gasteiger partial charge on any atom is -0.385 e. The van der Waals surface area contributed by atoms with Crippen LogP contribution in [0.15, 0.2) is 122 Å². The molecule has 16 rings (SSSR count). The molecule has 0 spiro atoms. The minimum absolute atomic E-state index is 0.0161. The number of thioether (sulfide) groups is 2. The molecule has 0 bridgehead atoms. The second-order valence-corrected chi connectivity index (χ2v) is 42.9. The third-order valence-electron chi connectivity index (χ3n) is 25.8. The number of hydrogen-bond donors (Lipinski definition) is 8. The number of nitrogens with one attached hydrogen (secondary N) is 4. The first-order valence-corrected chi connectivity index (χ1v) is 49.1. The zero-order chi connectivity index (χ0) is 88.2. The van der Waals surface area contributed by atoms with Gasteiger partial charge in [0.2, 0.25) is 23.1 Å². The quantitative estimate of drug-likeness (QED) is 0.0260. The van der Waals surface area contributed by atoms with Gasteiger partial charge in [-0.25, -0.2) is 36.8 Å². The number of ketones is 4. The SMILES string of the molecule is C#Cc1cnc(C(=O)Cc2ccc(C3(O)CCS(=O)(=O)CC3)cc2C2=CCC(C)(C)CC2)[nH]1.C#Cc1cnc(C(=O)Cc2ccc(C3(O)CCS(=O)(=O)CC3)cc2C2=CCCCC2)[nH]1.C#Cc1cnc(C(=O)Cc2ccc(C3(O)CCSCC3)cc2C2=CCC(C)(C)CC2)[nH]1.C#Cc1cnc(C(=O)Cc2ccc(C3(O)CCSCC3)cc2C2=CCCCC2)[nH]1. The standard InChI is InChI=1S/C26H30N2O4S.C26H30N2O2S.C24H26N2O4S.C24H26N2O2S/c1-4-21-17-27-24(28-21)23(29)15-19-5-6-20(26(30)11-13-33(31,32)14-12-26)16-22(19)18-7-9-25(2,3)10-8-18;1-4-21-17-27-24(28-21)23(29)15-19-5-6-20(26(30)11-13-31-14-12-26)16-22(19)18-7-9-25(2,3)10-8-18;1-2-20-16-25-23(26-20)22(27)14-18-8-9-19(15-21(18)17-6-4-3-5-7-17)24(28)10-12-31(29,30)13-11-24;1-2-20-16-25-23(26-20)22(27)14-18-8-9-19(24(28)10-12-29-13-11-24)15-21(18)17-6-4-3-5-7-17/h1,5-7,16-17,30H,8-15H2,2-3H3,(H,27,28);1,5-7,16-17,30H,8-15H2,2-3H3,(H,27,28);1,6,8-9,15-16,28H,3-5,7,10-14H2,(H,25,26);1,6,8-9,15-16,28H,3-5,7,10-14H2,(H,25,26). The summed E-state index contributed by atoms with van der Waals surface area (Å²) in [6, 6.07) is 23.6.